The monoisotopic (exact) mass is 455 g/mol. The van der Waals surface area contributed by atoms with Gasteiger partial charge in [-0.2, -0.15) is 4.98 Å². The van der Waals surface area contributed by atoms with Gasteiger partial charge in [-0.25, -0.2) is 4.98 Å². The van der Waals surface area contributed by atoms with Gasteiger partial charge >= 0.3 is 7.12 Å². The molecule has 2 heterocycles. The summed E-state index contributed by atoms with van der Waals surface area (Å²) in [5.74, 6) is 2.13. The fourth-order valence-corrected chi connectivity index (χ4v) is 3.38. The van der Waals surface area contributed by atoms with E-state index in [4.69, 9.17) is 9.47 Å². The van der Waals surface area contributed by atoms with Crippen molar-refractivity contribution < 1.29 is 24.6 Å². The number of unbranched alkanes of at least 4 members (excludes halogenated alkanes) is 1. The van der Waals surface area contributed by atoms with Crippen molar-refractivity contribution >= 4 is 35.4 Å². The number of hydrogen-bond donors (Lipinski definition) is 5. The van der Waals surface area contributed by atoms with Crippen LogP contribution in [0.5, 0.6) is 11.5 Å². The molecular formula is C22H30BN5O5. The first-order valence-corrected chi connectivity index (χ1v) is 10.8. The smallest absolute Gasteiger partial charge is 0.490 e. The van der Waals surface area contributed by atoms with E-state index in [0.29, 0.717) is 40.8 Å². The first-order chi connectivity index (χ1) is 16.0. The van der Waals surface area contributed by atoms with E-state index in [1.807, 2.05) is 12.1 Å². The lowest BCUT2D eigenvalue weighted by Gasteiger charge is -2.18. The molecule has 3 rings (SSSR count). The van der Waals surface area contributed by atoms with Gasteiger partial charge < -0.3 is 35.3 Å². The molecule has 3 aromatic rings. The van der Waals surface area contributed by atoms with E-state index in [2.05, 4.69) is 32.5 Å². The molecular weight excluding hydrogens is 425 g/mol. The molecule has 10 nitrogen and oxygen atoms in total. The van der Waals surface area contributed by atoms with Crippen LogP contribution in [0.1, 0.15) is 31.7 Å². The summed E-state index contributed by atoms with van der Waals surface area (Å²) >= 11 is 0. The number of anilines is 2. The Morgan fingerprint density at radius 1 is 1.12 bits per heavy atom. The average molecular weight is 455 g/mol. The number of rotatable bonds is 12. The summed E-state index contributed by atoms with van der Waals surface area (Å²) in [6, 6.07) is 6.89. The topological polar surface area (TPSA) is 142 Å². The summed E-state index contributed by atoms with van der Waals surface area (Å²) in [6.07, 6.45) is 4.11. The van der Waals surface area contributed by atoms with Crippen molar-refractivity contribution in [3.05, 3.63) is 36.0 Å². The molecule has 0 spiro atoms. The normalized spacial score (nSPS) is 11.8. The number of nitrogens with zero attached hydrogens (tertiary/aromatic N) is 3. The maximum Gasteiger partial charge on any atom is 0.490 e. The van der Waals surface area contributed by atoms with Gasteiger partial charge in [-0.15, -0.1) is 0 Å². The second kappa shape index (κ2) is 11.6. The highest BCUT2D eigenvalue weighted by atomic mass is 16.5. The highest BCUT2D eigenvalue weighted by Gasteiger charge is 2.18. The van der Waals surface area contributed by atoms with Gasteiger partial charge in [-0.3, -0.25) is 4.98 Å². The third kappa shape index (κ3) is 6.22. The molecule has 2 aromatic heterocycles. The Hall–Kier alpha value is -3.15. The number of aromatic nitrogens is 3. The quantitative estimate of drug-likeness (QED) is 0.254. The zero-order valence-electron chi connectivity index (χ0n) is 19.1. The fourth-order valence-electron chi connectivity index (χ4n) is 3.38. The van der Waals surface area contributed by atoms with Crippen molar-refractivity contribution in [3.8, 4) is 11.5 Å². The van der Waals surface area contributed by atoms with Crippen LogP contribution in [-0.4, -0.2) is 64.1 Å². The molecule has 0 fully saturated rings. The van der Waals surface area contributed by atoms with Crippen molar-refractivity contribution in [1.29, 1.82) is 0 Å². The van der Waals surface area contributed by atoms with Gasteiger partial charge in [0.2, 0.25) is 5.95 Å². The Labute approximate surface area is 193 Å². The van der Waals surface area contributed by atoms with Gasteiger partial charge in [0.1, 0.15) is 17.0 Å². The standard InChI is InChI=1S/C22H30BN5O5/c1-4-5-6-16(13-29)26-21-20-18(9-15(12-24-20)23(30)31)27-22(28-21)25-11-14-7-8-17(32-2)10-19(14)33-3/h7-10,12,16,29-31H,4-6,11,13H2,1-3H3,(H2,25,26,27,28). The Morgan fingerprint density at radius 3 is 2.61 bits per heavy atom. The number of fused-ring (bicyclic) bond motifs is 1. The number of aliphatic hydroxyl groups excluding tert-OH is 1. The van der Waals surface area contributed by atoms with E-state index in [0.717, 1.165) is 24.8 Å². The van der Waals surface area contributed by atoms with Gasteiger partial charge in [-0.1, -0.05) is 19.8 Å². The van der Waals surface area contributed by atoms with Crippen LogP contribution in [0.25, 0.3) is 11.0 Å². The van der Waals surface area contributed by atoms with E-state index in [1.54, 1.807) is 26.4 Å². The minimum absolute atomic E-state index is 0.0509. The van der Waals surface area contributed by atoms with Crippen LogP contribution in [0.3, 0.4) is 0 Å². The van der Waals surface area contributed by atoms with E-state index in [1.165, 1.54) is 6.20 Å². The number of pyridine rings is 1. The van der Waals surface area contributed by atoms with Gasteiger partial charge in [0, 0.05) is 29.8 Å². The van der Waals surface area contributed by atoms with Gasteiger partial charge in [0.25, 0.3) is 0 Å². The molecule has 0 radical (unpaired) electrons. The van der Waals surface area contributed by atoms with Crippen molar-refractivity contribution in [2.75, 3.05) is 31.5 Å². The second-order valence-corrected chi connectivity index (χ2v) is 7.60. The summed E-state index contributed by atoms with van der Waals surface area (Å²) in [6.45, 7) is 2.42. The summed E-state index contributed by atoms with van der Waals surface area (Å²) in [5, 5.41) is 35.3. The van der Waals surface area contributed by atoms with E-state index in [9.17, 15) is 15.2 Å². The molecule has 5 N–H and O–H groups in total. The predicted octanol–water partition coefficient (Wildman–Crippen LogP) is 1.30. The fraction of sp³-hybridized carbons (Fsp3) is 0.409. The minimum atomic E-state index is -1.66. The first-order valence-electron chi connectivity index (χ1n) is 10.8. The lowest BCUT2D eigenvalue weighted by molar-refractivity contribution is 0.267. The molecule has 1 atom stereocenters. The SMILES string of the molecule is CCCCC(CO)Nc1nc(NCc2ccc(OC)cc2OC)nc2cc(B(O)O)cnc12. The zero-order chi connectivity index (χ0) is 23.8. The molecule has 0 amide bonds. The first kappa shape index (κ1) is 24.5. The highest BCUT2D eigenvalue weighted by Crippen LogP contribution is 2.26. The molecule has 33 heavy (non-hydrogen) atoms. The third-order valence-electron chi connectivity index (χ3n) is 5.25. The van der Waals surface area contributed by atoms with Crippen LogP contribution in [0.15, 0.2) is 30.5 Å². The Kier molecular flexibility index (Phi) is 8.64. The Morgan fingerprint density at radius 2 is 1.94 bits per heavy atom. The van der Waals surface area contributed by atoms with Crippen LogP contribution < -0.4 is 25.6 Å². The molecule has 0 aliphatic heterocycles. The lowest BCUT2D eigenvalue weighted by Crippen LogP contribution is -2.30. The van der Waals surface area contributed by atoms with Crippen LogP contribution in [-0.2, 0) is 6.54 Å². The summed E-state index contributed by atoms with van der Waals surface area (Å²) in [7, 11) is 1.52. The summed E-state index contributed by atoms with van der Waals surface area (Å²) in [5.41, 5.74) is 2.02. The maximum atomic E-state index is 9.79. The summed E-state index contributed by atoms with van der Waals surface area (Å²) in [4.78, 5) is 13.4. The van der Waals surface area contributed by atoms with Gasteiger partial charge in [0.15, 0.2) is 5.82 Å². The molecule has 0 saturated carbocycles. The minimum Gasteiger partial charge on any atom is -0.497 e. The molecule has 0 bridgehead atoms. The molecule has 0 saturated heterocycles. The highest BCUT2D eigenvalue weighted by molar-refractivity contribution is 6.58. The number of nitrogens with one attached hydrogen (secondary N) is 2. The number of hydrogen-bond acceptors (Lipinski definition) is 10. The largest absolute Gasteiger partial charge is 0.497 e. The van der Waals surface area contributed by atoms with Gasteiger partial charge in [-0.05, 0) is 24.6 Å². The number of aliphatic hydroxyl groups is 1. The number of ether oxygens (including phenoxy) is 2. The van der Waals surface area contributed by atoms with Crippen LogP contribution in [0, 0.1) is 0 Å². The van der Waals surface area contributed by atoms with Crippen molar-refractivity contribution in [2.45, 2.75) is 38.8 Å². The van der Waals surface area contributed by atoms with E-state index < -0.39 is 7.12 Å². The molecule has 1 unspecified atom stereocenters. The molecule has 0 aliphatic carbocycles. The second-order valence-electron chi connectivity index (χ2n) is 7.60. The van der Waals surface area contributed by atoms with E-state index >= 15 is 0 Å². The number of benzene rings is 1. The number of methoxy groups -OCH3 is 2. The van der Waals surface area contributed by atoms with Gasteiger partial charge in [0.05, 0.1) is 32.4 Å². The molecule has 0 aliphatic rings. The molecule has 11 heteroatoms. The van der Waals surface area contributed by atoms with Crippen LogP contribution in [0.4, 0.5) is 11.8 Å². The van der Waals surface area contributed by atoms with Crippen LogP contribution >= 0.6 is 0 Å². The van der Waals surface area contributed by atoms with E-state index in [-0.39, 0.29) is 18.1 Å². The van der Waals surface area contributed by atoms with Crippen molar-refractivity contribution in [1.82, 2.24) is 15.0 Å². The summed E-state index contributed by atoms with van der Waals surface area (Å²) < 4.78 is 10.7. The van der Waals surface area contributed by atoms with Crippen LogP contribution in [0.2, 0.25) is 0 Å². The van der Waals surface area contributed by atoms with Crippen molar-refractivity contribution in [2.24, 2.45) is 0 Å². The molecule has 176 valence electrons. The third-order valence-corrected chi connectivity index (χ3v) is 5.25. The Balaban J connectivity index is 1.93. The van der Waals surface area contributed by atoms with Crippen molar-refractivity contribution in [3.63, 3.8) is 0 Å². The lowest BCUT2D eigenvalue weighted by atomic mass is 9.81. The maximum absolute atomic E-state index is 9.79. The predicted molar refractivity (Wildman–Crippen MR) is 128 cm³/mol. The zero-order valence-corrected chi connectivity index (χ0v) is 19.1. The average Bonchev–Trinajstić information content (AvgIpc) is 2.84. The Bertz CT molecular complexity index is 1070. The molecule has 1 aromatic carbocycles.